The van der Waals surface area contributed by atoms with Gasteiger partial charge in [0.05, 0.1) is 0 Å². The van der Waals surface area contributed by atoms with E-state index in [0.717, 1.165) is 80.4 Å². The highest BCUT2D eigenvalue weighted by Gasteiger charge is 2.23. The van der Waals surface area contributed by atoms with Crippen LogP contribution in [0.1, 0.15) is 50.1 Å². The number of fused-ring (bicyclic) bond motifs is 1. The van der Waals surface area contributed by atoms with Gasteiger partial charge in [0.2, 0.25) is 5.95 Å². The van der Waals surface area contributed by atoms with E-state index in [4.69, 9.17) is 9.40 Å². The Morgan fingerprint density at radius 3 is 2.61 bits per heavy atom. The number of benzene rings is 1. The minimum absolute atomic E-state index is 0.594. The molecular weight excluding hydrogens is 386 g/mol. The summed E-state index contributed by atoms with van der Waals surface area (Å²) in [5.74, 6) is 2.30. The molecule has 3 aromatic rings. The van der Waals surface area contributed by atoms with Crippen LogP contribution in [0.5, 0.6) is 0 Å². The number of aryl methyl sites for hydroxylation is 1. The number of nitrogens with one attached hydrogen (secondary N) is 1. The van der Waals surface area contributed by atoms with Crippen molar-refractivity contribution in [3.8, 4) is 0 Å². The van der Waals surface area contributed by atoms with E-state index in [1.807, 2.05) is 33.2 Å². The van der Waals surface area contributed by atoms with E-state index in [1.54, 1.807) is 0 Å². The summed E-state index contributed by atoms with van der Waals surface area (Å²) in [6, 6.07) is 6.42. The number of aromatic nitrogens is 3. The van der Waals surface area contributed by atoms with Crippen LogP contribution in [-0.4, -0.2) is 41.1 Å². The van der Waals surface area contributed by atoms with Gasteiger partial charge in [0.25, 0.3) is 0 Å². The van der Waals surface area contributed by atoms with Gasteiger partial charge >= 0.3 is 0 Å². The molecule has 4 heterocycles. The lowest BCUT2D eigenvalue weighted by molar-refractivity contribution is 0.367. The lowest BCUT2D eigenvalue weighted by atomic mass is 9.94. The summed E-state index contributed by atoms with van der Waals surface area (Å²) < 4.78 is 6.13. The van der Waals surface area contributed by atoms with Gasteiger partial charge in [-0.2, -0.15) is 0 Å². The summed E-state index contributed by atoms with van der Waals surface area (Å²) in [6.45, 7) is 9.97. The Morgan fingerprint density at radius 1 is 1.13 bits per heavy atom. The third-order valence-electron chi connectivity index (χ3n) is 6.00. The molecule has 0 radical (unpaired) electrons. The van der Waals surface area contributed by atoms with E-state index in [9.17, 15) is 0 Å². The van der Waals surface area contributed by atoms with Crippen molar-refractivity contribution in [1.29, 1.82) is 0 Å². The number of rotatable bonds is 4. The van der Waals surface area contributed by atoms with Gasteiger partial charge in [0.15, 0.2) is 11.5 Å². The molecule has 6 nitrogen and oxygen atoms in total. The molecule has 0 bridgehead atoms. The molecule has 0 aliphatic carbocycles. The molecule has 6 heteroatoms. The monoisotopic (exact) mass is 419 g/mol. The largest absolute Gasteiger partial charge is 0.441 e. The van der Waals surface area contributed by atoms with E-state index < -0.39 is 0 Å². The Balaban J connectivity index is 0.00000112. The van der Waals surface area contributed by atoms with Crippen molar-refractivity contribution in [2.24, 2.45) is 5.92 Å². The highest BCUT2D eigenvalue weighted by molar-refractivity contribution is 5.79. The summed E-state index contributed by atoms with van der Waals surface area (Å²) in [6.07, 6.45) is 10.2. The SMILES string of the molecule is CC.Cc1cnc(N2CCC(Cc3nc4ccc(C5=CCNCC5)cc4o3)CC2)nc1. The first-order valence-electron chi connectivity index (χ1n) is 11.6. The fraction of sp³-hybridized carbons (Fsp3) is 0.480. The number of hydrogen-bond acceptors (Lipinski definition) is 6. The molecule has 0 amide bonds. The van der Waals surface area contributed by atoms with Crippen molar-refractivity contribution < 1.29 is 4.42 Å². The Labute approximate surface area is 184 Å². The van der Waals surface area contributed by atoms with Crippen LogP contribution < -0.4 is 10.2 Å². The molecule has 1 N–H and O–H groups in total. The third kappa shape index (κ3) is 5.13. The van der Waals surface area contributed by atoms with Crippen LogP contribution in [0.3, 0.4) is 0 Å². The molecule has 0 unspecified atom stereocenters. The summed E-state index contributed by atoms with van der Waals surface area (Å²) in [5, 5.41) is 3.36. The van der Waals surface area contributed by atoms with Gasteiger partial charge in [0.1, 0.15) is 5.52 Å². The van der Waals surface area contributed by atoms with Crippen LogP contribution in [0.4, 0.5) is 5.95 Å². The molecule has 5 rings (SSSR count). The maximum Gasteiger partial charge on any atom is 0.225 e. The Kier molecular flexibility index (Phi) is 6.97. The average molecular weight is 420 g/mol. The number of nitrogens with zero attached hydrogens (tertiary/aromatic N) is 4. The molecule has 0 atom stereocenters. The standard InChI is InChI=1S/C23H27N5O.C2H6/c1-16-14-25-23(26-15-16)28-10-6-17(7-11-28)12-22-27-20-3-2-19(13-21(20)29-22)18-4-8-24-9-5-18;1-2/h2-4,13-15,17,24H,5-12H2,1H3;1-2H3. The van der Waals surface area contributed by atoms with Gasteiger partial charge in [-0.1, -0.05) is 26.0 Å². The van der Waals surface area contributed by atoms with E-state index >= 15 is 0 Å². The minimum Gasteiger partial charge on any atom is -0.441 e. The molecular formula is C25H33N5O. The first kappa shape index (κ1) is 21.5. The normalized spacial score (nSPS) is 17.3. The zero-order valence-corrected chi connectivity index (χ0v) is 18.9. The van der Waals surface area contributed by atoms with E-state index in [0.29, 0.717) is 5.92 Å². The Hall–Kier alpha value is -2.73. The molecule has 0 saturated carbocycles. The maximum absolute atomic E-state index is 6.13. The van der Waals surface area contributed by atoms with Gasteiger partial charge in [-0.05, 0) is 67.5 Å². The van der Waals surface area contributed by atoms with Crippen molar-refractivity contribution in [3.63, 3.8) is 0 Å². The number of piperidine rings is 1. The van der Waals surface area contributed by atoms with Gasteiger partial charge in [-0.25, -0.2) is 15.0 Å². The summed E-state index contributed by atoms with van der Waals surface area (Å²) in [7, 11) is 0. The second kappa shape index (κ2) is 10.1. The molecule has 164 valence electrons. The van der Waals surface area contributed by atoms with Crippen LogP contribution in [0.25, 0.3) is 16.7 Å². The maximum atomic E-state index is 6.13. The highest BCUT2D eigenvalue weighted by Crippen LogP contribution is 2.28. The van der Waals surface area contributed by atoms with Crippen molar-refractivity contribution in [1.82, 2.24) is 20.3 Å². The zero-order valence-electron chi connectivity index (χ0n) is 18.9. The van der Waals surface area contributed by atoms with Crippen LogP contribution in [0.2, 0.25) is 0 Å². The van der Waals surface area contributed by atoms with Crippen molar-refractivity contribution in [2.75, 3.05) is 31.1 Å². The molecule has 2 aliphatic rings. The summed E-state index contributed by atoms with van der Waals surface area (Å²) in [5.41, 5.74) is 5.62. The summed E-state index contributed by atoms with van der Waals surface area (Å²) in [4.78, 5) is 15.9. The summed E-state index contributed by atoms with van der Waals surface area (Å²) >= 11 is 0. The average Bonchev–Trinajstić information content (AvgIpc) is 3.23. The predicted molar refractivity (Wildman–Crippen MR) is 126 cm³/mol. The fourth-order valence-electron chi connectivity index (χ4n) is 4.28. The van der Waals surface area contributed by atoms with Gasteiger partial charge in [0, 0.05) is 38.4 Å². The lowest BCUT2D eigenvalue weighted by Gasteiger charge is -2.31. The van der Waals surface area contributed by atoms with Crippen LogP contribution in [0.15, 0.2) is 41.1 Å². The van der Waals surface area contributed by atoms with Gasteiger partial charge < -0.3 is 14.6 Å². The van der Waals surface area contributed by atoms with Gasteiger partial charge in [-0.3, -0.25) is 0 Å². The fourth-order valence-corrected chi connectivity index (χ4v) is 4.28. The van der Waals surface area contributed by atoms with E-state index in [1.165, 1.54) is 11.1 Å². The molecule has 1 aromatic carbocycles. The number of oxazole rings is 1. The zero-order chi connectivity index (χ0) is 21.6. The minimum atomic E-state index is 0.594. The van der Waals surface area contributed by atoms with Crippen LogP contribution in [0, 0.1) is 12.8 Å². The van der Waals surface area contributed by atoms with Crippen LogP contribution in [-0.2, 0) is 6.42 Å². The Morgan fingerprint density at radius 2 is 1.90 bits per heavy atom. The molecule has 0 spiro atoms. The number of hydrogen-bond donors (Lipinski definition) is 1. The van der Waals surface area contributed by atoms with Gasteiger partial charge in [-0.15, -0.1) is 0 Å². The van der Waals surface area contributed by atoms with E-state index in [-0.39, 0.29) is 0 Å². The highest BCUT2D eigenvalue weighted by atomic mass is 16.3. The molecule has 1 saturated heterocycles. The molecule has 2 aromatic heterocycles. The molecule has 1 fully saturated rings. The van der Waals surface area contributed by atoms with E-state index in [2.05, 4.69) is 44.5 Å². The second-order valence-corrected chi connectivity index (χ2v) is 8.17. The first-order valence-corrected chi connectivity index (χ1v) is 11.6. The predicted octanol–water partition coefficient (Wildman–Crippen LogP) is 4.79. The van der Waals surface area contributed by atoms with Crippen molar-refractivity contribution >= 4 is 22.6 Å². The third-order valence-corrected chi connectivity index (χ3v) is 6.00. The van der Waals surface area contributed by atoms with Crippen molar-refractivity contribution in [3.05, 3.63) is 53.7 Å². The first-order chi connectivity index (χ1) is 15.2. The lowest BCUT2D eigenvalue weighted by Crippen LogP contribution is -2.35. The quantitative estimate of drug-likeness (QED) is 0.656. The topological polar surface area (TPSA) is 67.1 Å². The smallest absolute Gasteiger partial charge is 0.225 e. The van der Waals surface area contributed by atoms with Crippen LogP contribution >= 0.6 is 0 Å². The molecule has 2 aliphatic heterocycles. The Bertz CT molecular complexity index is 1020. The van der Waals surface area contributed by atoms with Crippen molar-refractivity contribution in [2.45, 2.75) is 46.5 Å². The number of anilines is 1. The second-order valence-electron chi connectivity index (χ2n) is 8.17. The molecule has 31 heavy (non-hydrogen) atoms.